The van der Waals surface area contributed by atoms with E-state index in [1.54, 1.807) is 5.57 Å². The average molecular weight is 595 g/mol. The van der Waals surface area contributed by atoms with Crippen LogP contribution in [0.3, 0.4) is 0 Å². The standard InChI is InChI=1S/C33H54O7S/c1-20(35)24-10-11-25-23-9-8-21-18-22(12-14-32(21,2)26(23)13-15-33(24,25)3)39-16-6-4-5-7-17-41-31-30(38)29(37)28(36)27(19-34)40-31/h8,22-31,34,36-38H,4-7,9-19H2,1-3H3/t22-,23-,24+,25-,26-,27+,28+,29-,30-,31-,32-,33+/m0/s1. The van der Waals surface area contributed by atoms with Crippen LogP contribution in [0.1, 0.15) is 97.8 Å². The van der Waals surface area contributed by atoms with E-state index in [1.807, 2.05) is 6.92 Å². The summed E-state index contributed by atoms with van der Waals surface area (Å²) in [6.45, 7) is 7.20. The second kappa shape index (κ2) is 13.3. The lowest BCUT2D eigenvalue weighted by Gasteiger charge is -2.58. The average Bonchev–Trinajstić information content (AvgIpc) is 3.32. The Morgan fingerprint density at radius 3 is 2.54 bits per heavy atom. The number of rotatable bonds is 11. The fourth-order valence-corrected chi connectivity index (χ4v) is 10.8. The molecule has 0 bridgehead atoms. The van der Waals surface area contributed by atoms with Crippen molar-refractivity contribution in [1.29, 1.82) is 0 Å². The van der Waals surface area contributed by atoms with Gasteiger partial charge >= 0.3 is 0 Å². The number of aliphatic hydroxyl groups excluding tert-OH is 4. The van der Waals surface area contributed by atoms with E-state index in [9.17, 15) is 25.2 Å². The largest absolute Gasteiger partial charge is 0.394 e. The Morgan fingerprint density at radius 2 is 1.78 bits per heavy atom. The lowest BCUT2D eigenvalue weighted by atomic mass is 9.47. The fraction of sp³-hybridized carbons (Fsp3) is 0.909. The highest BCUT2D eigenvalue weighted by Gasteiger charge is 2.59. The second-order valence-electron chi connectivity index (χ2n) is 14.3. The van der Waals surface area contributed by atoms with E-state index in [0.717, 1.165) is 69.1 Å². The third-order valence-corrected chi connectivity index (χ3v) is 13.3. The summed E-state index contributed by atoms with van der Waals surface area (Å²) >= 11 is 1.43. The Hall–Kier alpha value is -0.480. The van der Waals surface area contributed by atoms with Crippen LogP contribution in [0.4, 0.5) is 0 Å². The van der Waals surface area contributed by atoms with Crippen LogP contribution in [0.2, 0.25) is 0 Å². The Balaban J connectivity index is 1.01. The summed E-state index contributed by atoms with van der Waals surface area (Å²) < 4.78 is 12.0. The number of hydrogen-bond acceptors (Lipinski definition) is 8. The Kier molecular flexibility index (Phi) is 10.3. The Labute approximate surface area is 250 Å². The molecule has 5 rings (SSSR count). The van der Waals surface area contributed by atoms with E-state index >= 15 is 0 Å². The molecule has 1 heterocycles. The first-order chi connectivity index (χ1) is 19.6. The first kappa shape index (κ1) is 31.9. The molecule has 12 atom stereocenters. The molecule has 8 heteroatoms. The quantitative estimate of drug-likeness (QED) is 0.202. The lowest BCUT2D eigenvalue weighted by molar-refractivity contribution is -0.205. The maximum atomic E-state index is 12.4. The lowest BCUT2D eigenvalue weighted by Crippen LogP contribution is -2.57. The van der Waals surface area contributed by atoms with Crippen molar-refractivity contribution in [2.24, 2.45) is 34.5 Å². The SMILES string of the molecule is CC(=O)[C@H]1CC[C@H]2[C@@H]3CC=C4C[C@@H](OCCCCCCS[C@@H]5O[C@H](CO)[C@@H](O)[C@H](O)[C@@H]5O)CC[C@]4(C)[C@H]3CC[C@]12C. The smallest absolute Gasteiger partial charge is 0.133 e. The number of Topliss-reactive ketones (excluding diaryl/α,β-unsaturated/α-hetero) is 1. The Bertz CT molecular complexity index is 941. The molecule has 234 valence electrons. The highest BCUT2D eigenvalue weighted by atomic mass is 32.2. The van der Waals surface area contributed by atoms with E-state index in [-0.39, 0.29) is 17.9 Å². The summed E-state index contributed by atoms with van der Waals surface area (Å²) in [6, 6.07) is 0. The van der Waals surface area contributed by atoms with Gasteiger partial charge in [0.25, 0.3) is 0 Å². The number of hydrogen-bond donors (Lipinski definition) is 4. The molecule has 0 unspecified atom stereocenters. The third kappa shape index (κ3) is 6.23. The molecule has 1 saturated heterocycles. The maximum Gasteiger partial charge on any atom is 0.133 e. The van der Waals surface area contributed by atoms with Gasteiger partial charge in [-0.3, -0.25) is 4.79 Å². The van der Waals surface area contributed by atoms with Crippen molar-refractivity contribution in [3.05, 3.63) is 11.6 Å². The van der Waals surface area contributed by atoms with Crippen molar-refractivity contribution < 1.29 is 34.7 Å². The molecule has 0 amide bonds. The number of thioether (sulfide) groups is 1. The highest BCUT2D eigenvalue weighted by molar-refractivity contribution is 7.99. The van der Waals surface area contributed by atoms with Gasteiger partial charge in [0.15, 0.2) is 0 Å². The monoisotopic (exact) mass is 594 g/mol. The first-order valence-corrected chi connectivity index (χ1v) is 17.4. The number of allylic oxidation sites excluding steroid dienone is 1. The minimum Gasteiger partial charge on any atom is -0.394 e. The molecular formula is C33H54O7S. The zero-order chi connectivity index (χ0) is 29.4. The van der Waals surface area contributed by atoms with Crippen molar-refractivity contribution in [1.82, 2.24) is 0 Å². The predicted molar refractivity (Wildman–Crippen MR) is 160 cm³/mol. The molecule has 4 fully saturated rings. The third-order valence-electron chi connectivity index (χ3n) is 12.1. The van der Waals surface area contributed by atoms with Crippen LogP contribution < -0.4 is 0 Å². The number of ether oxygens (including phenoxy) is 2. The molecule has 0 spiro atoms. The molecule has 0 radical (unpaired) electrons. The highest BCUT2D eigenvalue weighted by Crippen LogP contribution is 2.66. The minimum atomic E-state index is -1.30. The number of carbonyl (C=O) groups is 1. The number of ketones is 1. The van der Waals surface area contributed by atoms with E-state index < -0.39 is 29.9 Å². The molecule has 1 aliphatic heterocycles. The molecule has 41 heavy (non-hydrogen) atoms. The van der Waals surface area contributed by atoms with Crippen molar-refractivity contribution >= 4 is 17.5 Å². The molecule has 5 aliphatic rings. The fourth-order valence-electron chi connectivity index (χ4n) is 9.65. The van der Waals surface area contributed by atoms with Crippen LogP contribution >= 0.6 is 11.8 Å². The van der Waals surface area contributed by atoms with Gasteiger partial charge in [0.1, 0.15) is 35.6 Å². The molecule has 4 N–H and O–H groups in total. The van der Waals surface area contributed by atoms with Gasteiger partial charge in [0.05, 0.1) is 12.7 Å². The summed E-state index contributed by atoms with van der Waals surface area (Å²) in [5, 5.41) is 39.4. The normalized spacial score (nSPS) is 45.9. The molecule has 0 aromatic rings. The van der Waals surface area contributed by atoms with Gasteiger partial charge in [-0.15, -0.1) is 11.8 Å². The van der Waals surface area contributed by atoms with Gasteiger partial charge in [-0.05, 0) is 105 Å². The van der Waals surface area contributed by atoms with E-state index in [2.05, 4.69) is 19.9 Å². The number of aliphatic hydroxyl groups is 4. The molecule has 0 aromatic heterocycles. The van der Waals surface area contributed by atoms with E-state index in [4.69, 9.17) is 9.47 Å². The van der Waals surface area contributed by atoms with Crippen LogP contribution in [-0.4, -0.2) is 81.1 Å². The summed E-state index contributed by atoms with van der Waals surface area (Å²) in [6.07, 6.45) is 11.9. The molecule has 3 saturated carbocycles. The van der Waals surface area contributed by atoms with Crippen molar-refractivity contribution in [3.63, 3.8) is 0 Å². The summed E-state index contributed by atoms with van der Waals surface area (Å²) in [4.78, 5) is 12.4. The number of fused-ring (bicyclic) bond motifs is 5. The summed E-state index contributed by atoms with van der Waals surface area (Å²) in [5.74, 6) is 3.68. The topological polar surface area (TPSA) is 116 Å². The van der Waals surface area contributed by atoms with Gasteiger partial charge in [0, 0.05) is 12.5 Å². The van der Waals surface area contributed by atoms with Gasteiger partial charge < -0.3 is 29.9 Å². The van der Waals surface area contributed by atoms with Crippen LogP contribution in [-0.2, 0) is 14.3 Å². The van der Waals surface area contributed by atoms with E-state index in [1.165, 1.54) is 43.9 Å². The second-order valence-corrected chi connectivity index (χ2v) is 15.5. The molecule has 7 nitrogen and oxygen atoms in total. The minimum absolute atomic E-state index is 0.216. The van der Waals surface area contributed by atoms with Crippen molar-refractivity contribution in [3.8, 4) is 0 Å². The van der Waals surface area contributed by atoms with Gasteiger partial charge in [-0.2, -0.15) is 0 Å². The van der Waals surface area contributed by atoms with Crippen LogP contribution in [0.5, 0.6) is 0 Å². The first-order valence-electron chi connectivity index (χ1n) is 16.3. The zero-order valence-corrected chi connectivity index (χ0v) is 26.2. The van der Waals surface area contributed by atoms with Gasteiger partial charge in [-0.1, -0.05) is 38.3 Å². The van der Waals surface area contributed by atoms with Crippen molar-refractivity contribution in [2.75, 3.05) is 19.0 Å². The molecular weight excluding hydrogens is 540 g/mol. The van der Waals surface area contributed by atoms with Crippen molar-refractivity contribution in [2.45, 2.75) is 134 Å². The predicted octanol–water partition coefficient (Wildman–Crippen LogP) is 4.63. The zero-order valence-electron chi connectivity index (χ0n) is 25.4. The van der Waals surface area contributed by atoms with Gasteiger partial charge in [-0.25, -0.2) is 0 Å². The van der Waals surface area contributed by atoms with Gasteiger partial charge in [0.2, 0.25) is 0 Å². The number of unbranched alkanes of at least 4 members (excludes halogenated alkanes) is 3. The van der Waals surface area contributed by atoms with Crippen LogP contribution in [0.25, 0.3) is 0 Å². The van der Waals surface area contributed by atoms with E-state index in [0.29, 0.717) is 23.2 Å². The summed E-state index contributed by atoms with van der Waals surface area (Å²) in [5.41, 5.74) is 1.53. The summed E-state index contributed by atoms with van der Waals surface area (Å²) in [7, 11) is 0. The maximum absolute atomic E-state index is 12.4. The van der Waals surface area contributed by atoms with Crippen LogP contribution in [0.15, 0.2) is 11.6 Å². The molecule has 0 aromatic carbocycles. The van der Waals surface area contributed by atoms with Crippen LogP contribution in [0, 0.1) is 34.5 Å². The molecule has 4 aliphatic carbocycles. The Morgan fingerprint density at radius 1 is 1.00 bits per heavy atom. The number of carbonyl (C=O) groups excluding carboxylic acids is 1.